The van der Waals surface area contributed by atoms with Crippen LogP contribution < -0.4 is 0 Å². The number of rotatable bonds is 3. The maximum Gasteiger partial charge on any atom is 0.0730 e. The van der Waals surface area contributed by atoms with Crippen LogP contribution in [0.25, 0.3) is 0 Å². The van der Waals surface area contributed by atoms with Gasteiger partial charge in [-0.1, -0.05) is 12.2 Å². The molecule has 0 fully saturated rings. The van der Waals surface area contributed by atoms with Gasteiger partial charge >= 0.3 is 0 Å². The molecule has 0 bridgehead atoms. The highest BCUT2D eigenvalue weighted by atomic mass is 16.3. The number of aliphatic hydroxyl groups is 2. The van der Waals surface area contributed by atoms with E-state index in [9.17, 15) is 5.11 Å². The van der Waals surface area contributed by atoms with Crippen molar-refractivity contribution < 1.29 is 10.2 Å². The summed E-state index contributed by atoms with van der Waals surface area (Å²) < 4.78 is 1.84. The smallest absolute Gasteiger partial charge is 0.0730 e. The second-order valence-corrected chi connectivity index (χ2v) is 4.33. The van der Waals surface area contributed by atoms with Crippen LogP contribution in [-0.4, -0.2) is 32.7 Å². The Hall–Kier alpha value is -1.13. The van der Waals surface area contributed by atoms with Crippen molar-refractivity contribution in [1.82, 2.24) is 9.78 Å². The van der Waals surface area contributed by atoms with Gasteiger partial charge in [-0.15, -0.1) is 0 Å². The lowest BCUT2D eigenvalue weighted by molar-refractivity contribution is 0.218. The Bertz CT molecular complexity index is 409. The SMILES string of the molecule is Cc1nn(CCO)c(C)c1[C@H]1C=C[C@@H](O)C1. The average Bonchev–Trinajstić information content (AvgIpc) is 2.74. The van der Waals surface area contributed by atoms with E-state index in [1.165, 1.54) is 5.56 Å². The molecule has 16 heavy (non-hydrogen) atoms. The van der Waals surface area contributed by atoms with Crippen molar-refractivity contribution >= 4 is 0 Å². The van der Waals surface area contributed by atoms with Gasteiger partial charge in [0.05, 0.1) is 24.9 Å². The first-order valence-electron chi connectivity index (χ1n) is 5.64. The number of nitrogens with zero attached hydrogens (tertiary/aromatic N) is 2. The van der Waals surface area contributed by atoms with E-state index in [0.717, 1.165) is 17.8 Å². The number of aromatic nitrogens is 2. The van der Waals surface area contributed by atoms with Gasteiger partial charge in [-0.25, -0.2) is 0 Å². The van der Waals surface area contributed by atoms with Gasteiger partial charge in [0.2, 0.25) is 0 Å². The lowest BCUT2D eigenvalue weighted by Crippen LogP contribution is -2.07. The van der Waals surface area contributed by atoms with E-state index in [4.69, 9.17) is 5.11 Å². The van der Waals surface area contributed by atoms with E-state index < -0.39 is 0 Å². The minimum atomic E-state index is -0.329. The molecular weight excluding hydrogens is 204 g/mol. The topological polar surface area (TPSA) is 58.3 Å². The van der Waals surface area contributed by atoms with E-state index in [0.29, 0.717) is 6.54 Å². The largest absolute Gasteiger partial charge is 0.394 e. The van der Waals surface area contributed by atoms with Crippen LogP contribution in [0, 0.1) is 13.8 Å². The van der Waals surface area contributed by atoms with Crippen molar-refractivity contribution in [2.45, 2.75) is 38.8 Å². The lowest BCUT2D eigenvalue weighted by Gasteiger charge is -2.10. The van der Waals surface area contributed by atoms with Gasteiger partial charge in [0.1, 0.15) is 0 Å². The molecule has 4 nitrogen and oxygen atoms in total. The van der Waals surface area contributed by atoms with Crippen LogP contribution in [0.15, 0.2) is 12.2 Å². The standard InChI is InChI=1S/C12H18N2O2/c1-8-12(10-3-4-11(16)7-10)9(2)14(13-8)5-6-15/h3-4,10-11,15-16H,5-7H2,1-2H3/t10-,11+/m0/s1. The third-order valence-corrected chi connectivity index (χ3v) is 3.18. The zero-order valence-corrected chi connectivity index (χ0v) is 9.72. The lowest BCUT2D eigenvalue weighted by atomic mass is 9.96. The first-order valence-corrected chi connectivity index (χ1v) is 5.64. The zero-order valence-electron chi connectivity index (χ0n) is 9.72. The Balaban J connectivity index is 2.30. The maximum absolute atomic E-state index is 9.50. The van der Waals surface area contributed by atoms with Gasteiger partial charge in [-0.2, -0.15) is 5.10 Å². The third-order valence-electron chi connectivity index (χ3n) is 3.18. The van der Waals surface area contributed by atoms with Crippen molar-refractivity contribution in [3.8, 4) is 0 Å². The fourth-order valence-electron chi connectivity index (χ4n) is 2.45. The number of hydrogen-bond donors (Lipinski definition) is 2. The molecule has 1 aliphatic rings. The van der Waals surface area contributed by atoms with Crippen molar-refractivity contribution in [2.75, 3.05) is 6.61 Å². The average molecular weight is 222 g/mol. The molecule has 0 unspecified atom stereocenters. The Morgan fingerprint density at radius 3 is 2.75 bits per heavy atom. The van der Waals surface area contributed by atoms with Crippen LogP contribution in [0.2, 0.25) is 0 Å². The number of allylic oxidation sites excluding steroid dienone is 1. The molecule has 0 aromatic carbocycles. The Labute approximate surface area is 95.2 Å². The summed E-state index contributed by atoms with van der Waals surface area (Å²) >= 11 is 0. The molecule has 1 aliphatic carbocycles. The quantitative estimate of drug-likeness (QED) is 0.747. The second kappa shape index (κ2) is 4.39. The molecule has 0 saturated heterocycles. The van der Waals surface area contributed by atoms with E-state index in [2.05, 4.69) is 5.10 Å². The van der Waals surface area contributed by atoms with Gasteiger partial charge in [0.25, 0.3) is 0 Å². The summed E-state index contributed by atoms with van der Waals surface area (Å²) in [6.45, 7) is 4.63. The molecule has 88 valence electrons. The van der Waals surface area contributed by atoms with E-state index in [1.807, 2.05) is 30.7 Å². The van der Waals surface area contributed by atoms with Crippen molar-refractivity contribution in [1.29, 1.82) is 0 Å². The molecule has 0 spiro atoms. The summed E-state index contributed by atoms with van der Waals surface area (Å²) in [6.07, 6.45) is 4.30. The molecule has 4 heteroatoms. The molecule has 0 radical (unpaired) electrons. The Morgan fingerprint density at radius 1 is 1.44 bits per heavy atom. The summed E-state index contributed by atoms with van der Waals surface area (Å²) in [5.74, 6) is 0.266. The zero-order chi connectivity index (χ0) is 11.7. The molecule has 2 rings (SSSR count). The van der Waals surface area contributed by atoms with Crippen LogP contribution in [0.5, 0.6) is 0 Å². The van der Waals surface area contributed by atoms with Crippen molar-refractivity contribution in [3.05, 3.63) is 29.1 Å². The summed E-state index contributed by atoms with van der Waals surface area (Å²) in [5, 5.41) is 22.8. The second-order valence-electron chi connectivity index (χ2n) is 4.33. The monoisotopic (exact) mass is 222 g/mol. The number of aryl methyl sites for hydroxylation is 1. The molecule has 2 N–H and O–H groups in total. The van der Waals surface area contributed by atoms with Crippen LogP contribution in [0.3, 0.4) is 0 Å². The number of aliphatic hydroxyl groups excluding tert-OH is 2. The van der Waals surface area contributed by atoms with Crippen LogP contribution in [0.1, 0.15) is 29.3 Å². The fourth-order valence-corrected chi connectivity index (χ4v) is 2.45. The number of hydrogen-bond acceptors (Lipinski definition) is 3. The third kappa shape index (κ3) is 1.90. The maximum atomic E-state index is 9.50. The van der Waals surface area contributed by atoms with Gasteiger partial charge in [-0.3, -0.25) is 4.68 Å². The van der Waals surface area contributed by atoms with Crippen LogP contribution >= 0.6 is 0 Å². The first kappa shape index (κ1) is 11.4. The summed E-state index contributed by atoms with van der Waals surface area (Å²) in [6, 6.07) is 0. The summed E-state index contributed by atoms with van der Waals surface area (Å²) in [7, 11) is 0. The molecule has 0 amide bonds. The fraction of sp³-hybridized carbons (Fsp3) is 0.583. The summed E-state index contributed by atoms with van der Waals surface area (Å²) in [5.41, 5.74) is 3.28. The highest BCUT2D eigenvalue weighted by Crippen LogP contribution is 2.32. The highest BCUT2D eigenvalue weighted by Gasteiger charge is 2.24. The van der Waals surface area contributed by atoms with Gasteiger partial charge in [0.15, 0.2) is 0 Å². The molecule has 1 aromatic rings. The Kier molecular flexibility index (Phi) is 3.12. The van der Waals surface area contributed by atoms with E-state index in [1.54, 1.807) is 0 Å². The summed E-state index contributed by atoms with van der Waals surface area (Å²) in [4.78, 5) is 0. The van der Waals surface area contributed by atoms with E-state index >= 15 is 0 Å². The molecule has 1 heterocycles. The van der Waals surface area contributed by atoms with Gasteiger partial charge in [0, 0.05) is 17.2 Å². The van der Waals surface area contributed by atoms with Crippen molar-refractivity contribution in [3.63, 3.8) is 0 Å². The highest BCUT2D eigenvalue weighted by molar-refractivity contribution is 5.34. The molecular formula is C12H18N2O2. The predicted molar refractivity (Wildman–Crippen MR) is 61.3 cm³/mol. The normalized spacial score (nSPS) is 24.2. The van der Waals surface area contributed by atoms with Crippen molar-refractivity contribution in [2.24, 2.45) is 0 Å². The van der Waals surface area contributed by atoms with Gasteiger partial charge in [-0.05, 0) is 20.3 Å². The molecule has 0 saturated carbocycles. The minimum Gasteiger partial charge on any atom is -0.394 e. The van der Waals surface area contributed by atoms with Crippen LogP contribution in [0.4, 0.5) is 0 Å². The molecule has 0 aliphatic heterocycles. The molecule has 1 aromatic heterocycles. The van der Waals surface area contributed by atoms with Crippen LogP contribution in [-0.2, 0) is 6.54 Å². The Morgan fingerprint density at radius 2 is 2.19 bits per heavy atom. The first-order chi connectivity index (χ1) is 7.63. The predicted octanol–water partition coefficient (Wildman–Crippen LogP) is 0.897. The van der Waals surface area contributed by atoms with Gasteiger partial charge < -0.3 is 10.2 Å². The van der Waals surface area contributed by atoms with E-state index in [-0.39, 0.29) is 18.6 Å². The molecule has 2 atom stereocenters. The minimum absolute atomic E-state index is 0.102.